The van der Waals surface area contributed by atoms with Crippen molar-refractivity contribution in [3.63, 3.8) is 0 Å². The van der Waals surface area contributed by atoms with Gasteiger partial charge in [-0.1, -0.05) is 87.1 Å². The Morgan fingerprint density at radius 1 is 0.788 bits per heavy atom. The zero-order chi connectivity index (χ0) is 25.0. The third kappa shape index (κ3) is 13.1. The molecular weight excluding hydrogens is 496 g/mol. The highest BCUT2D eigenvalue weighted by Gasteiger charge is 2.50. The maximum absolute atomic E-state index is 11.6. The fourth-order valence-corrected chi connectivity index (χ4v) is 3.78. The van der Waals surface area contributed by atoms with Crippen molar-refractivity contribution in [3.05, 3.63) is 28.7 Å². The lowest BCUT2D eigenvalue weighted by molar-refractivity contribution is -0.274. The number of unbranched alkanes of at least 4 members (excludes halogenated alkanes) is 9. The lowest BCUT2D eigenvalue weighted by atomic mass is 9.82. The Hall–Kier alpha value is -0.725. The number of hydrogen-bond donors (Lipinski definition) is 0. The number of alkyl halides is 3. The Bertz CT molecular complexity index is 635. The highest BCUT2D eigenvalue weighted by Crippen LogP contribution is 2.38. The van der Waals surface area contributed by atoms with Gasteiger partial charge in [0.1, 0.15) is 5.75 Å². The molecule has 0 bridgehead atoms. The van der Waals surface area contributed by atoms with Crippen LogP contribution in [0.25, 0.3) is 0 Å². The number of ether oxygens (including phenoxy) is 1. The van der Waals surface area contributed by atoms with Crippen molar-refractivity contribution in [1.29, 1.82) is 0 Å². The van der Waals surface area contributed by atoms with Crippen LogP contribution in [0.5, 0.6) is 5.75 Å². The molecule has 1 heterocycles. The Kier molecular flexibility index (Phi) is 13.4. The topological polar surface area (TPSA) is 27.7 Å². The van der Waals surface area contributed by atoms with Gasteiger partial charge in [0.25, 0.3) is 0 Å². The first-order chi connectivity index (χ1) is 15.4. The van der Waals surface area contributed by atoms with Gasteiger partial charge in [-0.3, -0.25) is 0 Å². The summed E-state index contributed by atoms with van der Waals surface area (Å²) in [4.78, 5) is 0. The normalized spacial score (nSPS) is 16.9. The maximum atomic E-state index is 11.6. The maximum Gasteiger partial charge on any atom is 0.573 e. The van der Waals surface area contributed by atoms with Crippen molar-refractivity contribution in [2.24, 2.45) is 0 Å². The fourth-order valence-electron chi connectivity index (χ4n) is 3.52. The van der Waals surface area contributed by atoms with Crippen molar-refractivity contribution in [2.45, 2.75) is 123 Å². The van der Waals surface area contributed by atoms with Crippen molar-refractivity contribution in [3.8, 4) is 5.75 Å². The molecule has 0 spiro atoms. The van der Waals surface area contributed by atoms with E-state index in [0.717, 1.165) is 6.32 Å². The van der Waals surface area contributed by atoms with Crippen LogP contribution >= 0.6 is 15.9 Å². The summed E-state index contributed by atoms with van der Waals surface area (Å²) in [5.74, 6) is -0.217. The van der Waals surface area contributed by atoms with Crippen LogP contribution < -0.4 is 4.74 Å². The predicted molar refractivity (Wildman–Crippen MR) is 134 cm³/mol. The Morgan fingerprint density at radius 3 is 1.64 bits per heavy atom. The molecule has 1 aliphatic heterocycles. The molecule has 0 amide bonds. The van der Waals surface area contributed by atoms with Crippen LogP contribution in [0, 0.1) is 0 Å². The second-order valence-electron chi connectivity index (χ2n) is 9.66. The molecule has 190 valence electrons. The lowest BCUT2D eigenvalue weighted by Crippen LogP contribution is -2.41. The van der Waals surface area contributed by atoms with Gasteiger partial charge in [-0.15, -0.1) is 13.2 Å². The van der Waals surface area contributed by atoms with E-state index in [1.807, 2.05) is 0 Å². The summed E-state index contributed by atoms with van der Waals surface area (Å²) in [7, 11) is 0.00374. The minimum absolute atomic E-state index is 0.00374. The first kappa shape index (κ1) is 30.3. The average molecular weight is 537 g/mol. The summed E-state index contributed by atoms with van der Waals surface area (Å²) in [6, 6.07) is 5.41. The first-order valence-electron chi connectivity index (χ1n) is 12.2. The Morgan fingerprint density at radius 2 is 1.21 bits per heavy atom. The van der Waals surface area contributed by atoms with Gasteiger partial charge in [0.15, 0.2) is 0 Å². The van der Waals surface area contributed by atoms with Gasteiger partial charge in [0, 0.05) is 4.47 Å². The lowest BCUT2D eigenvalue weighted by Gasteiger charge is -2.32. The number of halogens is 4. The standard InChI is InChI=1S/C18H37BO2.C7H4BrF3O/c1-6-7-8-9-10-11-12-13-14-15-16-19-20-17(2,3)18(4,5)21-19;8-5-1-3-6(4-2-5)12-7(9,10)11/h6-16H2,1-5H3;1-4H. The van der Waals surface area contributed by atoms with E-state index in [0.29, 0.717) is 4.47 Å². The van der Waals surface area contributed by atoms with E-state index in [9.17, 15) is 13.2 Å². The summed E-state index contributed by atoms with van der Waals surface area (Å²) in [5, 5.41) is 0. The van der Waals surface area contributed by atoms with Gasteiger partial charge < -0.3 is 14.0 Å². The Labute approximate surface area is 207 Å². The second kappa shape index (κ2) is 14.6. The SMILES string of the molecule is CCCCCCCCCCCCB1OC(C)(C)C(C)(C)O1.FC(F)(F)Oc1ccc(Br)cc1. The molecule has 0 radical (unpaired) electrons. The van der Waals surface area contributed by atoms with Crippen LogP contribution in [-0.4, -0.2) is 24.7 Å². The molecule has 33 heavy (non-hydrogen) atoms. The van der Waals surface area contributed by atoms with Crippen molar-refractivity contribution in [2.75, 3.05) is 0 Å². The van der Waals surface area contributed by atoms with E-state index in [1.165, 1.54) is 88.5 Å². The molecule has 3 nitrogen and oxygen atoms in total. The van der Waals surface area contributed by atoms with Crippen LogP contribution in [0.4, 0.5) is 13.2 Å². The minimum Gasteiger partial charge on any atom is -0.406 e. The molecule has 1 fully saturated rings. The smallest absolute Gasteiger partial charge is 0.406 e. The van der Waals surface area contributed by atoms with E-state index < -0.39 is 6.36 Å². The average Bonchev–Trinajstić information content (AvgIpc) is 2.91. The van der Waals surface area contributed by atoms with Crippen LogP contribution in [0.3, 0.4) is 0 Å². The van der Waals surface area contributed by atoms with Crippen molar-refractivity contribution < 1.29 is 27.2 Å². The second-order valence-corrected chi connectivity index (χ2v) is 10.6. The third-order valence-corrected chi connectivity index (χ3v) is 6.67. The van der Waals surface area contributed by atoms with E-state index >= 15 is 0 Å². The molecule has 1 saturated heterocycles. The first-order valence-corrected chi connectivity index (χ1v) is 13.0. The Balaban J connectivity index is 0.000000383. The molecule has 1 aromatic carbocycles. The van der Waals surface area contributed by atoms with Crippen molar-refractivity contribution in [1.82, 2.24) is 0 Å². The molecule has 0 aromatic heterocycles. The quantitative estimate of drug-likeness (QED) is 0.197. The van der Waals surface area contributed by atoms with E-state index in [-0.39, 0.29) is 24.1 Å². The largest absolute Gasteiger partial charge is 0.573 e. The van der Waals surface area contributed by atoms with Crippen molar-refractivity contribution >= 4 is 23.0 Å². The van der Waals surface area contributed by atoms with Gasteiger partial charge in [-0.2, -0.15) is 0 Å². The van der Waals surface area contributed by atoms with Crippen LogP contribution in [0.15, 0.2) is 28.7 Å². The van der Waals surface area contributed by atoms with Crippen LogP contribution in [0.2, 0.25) is 6.32 Å². The molecular formula is C25H41BBrF3O3. The van der Waals surface area contributed by atoms with Gasteiger partial charge in [-0.25, -0.2) is 0 Å². The summed E-state index contributed by atoms with van der Waals surface area (Å²) in [6.45, 7) is 10.8. The van der Waals surface area contributed by atoms with E-state index in [2.05, 4.69) is 55.3 Å². The zero-order valence-corrected chi connectivity index (χ0v) is 22.5. The monoisotopic (exact) mass is 536 g/mol. The molecule has 1 aromatic rings. The minimum atomic E-state index is -4.62. The molecule has 8 heteroatoms. The molecule has 0 N–H and O–H groups in total. The molecule has 0 saturated carbocycles. The molecule has 1 aliphatic rings. The predicted octanol–water partition coefficient (Wildman–Crippen LogP) is 9.35. The van der Waals surface area contributed by atoms with Crippen LogP contribution in [-0.2, 0) is 9.31 Å². The number of rotatable bonds is 12. The highest BCUT2D eigenvalue weighted by molar-refractivity contribution is 9.10. The van der Waals surface area contributed by atoms with Gasteiger partial charge in [0.05, 0.1) is 11.2 Å². The number of benzene rings is 1. The summed E-state index contributed by atoms with van der Waals surface area (Å²) in [5.41, 5.74) is -0.341. The van der Waals surface area contributed by atoms with Gasteiger partial charge >= 0.3 is 13.5 Å². The van der Waals surface area contributed by atoms with Gasteiger partial charge in [0.2, 0.25) is 0 Å². The van der Waals surface area contributed by atoms with E-state index in [4.69, 9.17) is 9.31 Å². The molecule has 0 aliphatic carbocycles. The summed E-state index contributed by atoms with van der Waals surface area (Å²) >= 11 is 3.09. The third-order valence-electron chi connectivity index (χ3n) is 6.14. The summed E-state index contributed by atoms with van der Waals surface area (Å²) in [6.07, 6.45) is 10.2. The van der Waals surface area contributed by atoms with E-state index in [1.54, 1.807) is 0 Å². The van der Waals surface area contributed by atoms with Crippen LogP contribution in [0.1, 0.15) is 98.8 Å². The van der Waals surface area contributed by atoms with Gasteiger partial charge in [-0.05, 0) is 58.3 Å². The fraction of sp³-hybridized carbons (Fsp3) is 0.760. The molecule has 2 rings (SSSR count). The zero-order valence-electron chi connectivity index (χ0n) is 20.9. The highest BCUT2D eigenvalue weighted by atomic mass is 79.9. The number of hydrogen-bond acceptors (Lipinski definition) is 3. The summed E-state index contributed by atoms with van der Waals surface area (Å²) < 4.78 is 51.2. The molecule has 0 unspecified atom stereocenters. The molecule has 0 atom stereocenters.